The van der Waals surface area contributed by atoms with Gasteiger partial charge in [-0.15, -0.1) is 0 Å². The van der Waals surface area contributed by atoms with Gasteiger partial charge in [-0.2, -0.15) is 0 Å². The molecule has 1 aliphatic rings. The van der Waals surface area contributed by atoms with Gasteiger partial charge in [0, 0.05) is 6.42 Å². The van der Waals surface area contributed by atoms with Crippen LogP contribution in [-0.4, -0.2) is 22.0 Å². The number of rotatable bonds is 7. The molecule has 0 amide bonds. The smallest absolute Gasteiger partial charge is 0.353 e. The van der Waals surface area contributed by atoms with Crippen molar-refractivity contribution in [1.29, 1.82) is 0 Å². The predicted molar refractivity (Wildman–Crippen MR) is 57.3 cm³/mol. The van der Waals surface area contributed by atoms with Gasteiger partial charge in [0.2, 0.25) is 0 Å². The van der Waals surface area contributed by atoms with Gasteiger partial charge in [-0.3, -0.25) is 0 Å². The minimum Gasteiger partial charge on any atom is -0.477 e. The highest BCUT2D eigenvalue weighted by Gasteiger charge is 2.16. The van der Waals surface area contributed by atoms with Gasteiger partial charge in [-0.05, 0) is 12.3 Å². The van der Waals surface area contributed by atoms with Crippen LogP contribution in [0.2, 0.25) is 0 Å². The molecule has 0 aromatic rings. The quantitative estimate of drug-likeness (QED) is 0.295. The maximum atomic E-state index is 10.5. The van der Waals surface area contributed by atoms with Crippen molar-refractivity contribution in [2.24, 2.45) is 11.1 Å². The third kappa shape index (κ3) is 4.32. The number of carboxylic acid groups (broad SMARTS) is 1. The summed E-state index contributed by atoms with van der Waals surface area (Å²) in [7, 11) is 0. The maximum Gasteiger partial charge on any atom is 0.353 e. The Balaban J connectivity index is 1.97. The van der Waals surface area contributed by atoms with Gasteiger partial charge < -0.3 is 10.3 Å². The van der Waals surface area contributed by atoms with E-state index in [2.05, 4.69) is 5.16 Å². The van der Waals surface area contributed by atoms with Crippen LogP contribution in [0.3, 0.4) is 0 Å². The van der Waals surface area contributed by atoms with E-state index in [0.29, 0.717) is 6.42 Å². The van der Waals surface area contributed by atoms with Gasteiger partial charge in [0.15, 0.2) is 5.71 Å². The summed E-state index contributed by atoms with van der Waals surface area (Å²) in [4.78, 5) is 10.5. The topological polar surface area (TPSA) is 69.9 Å². The van der Waals surface area contributed by atoms with Crippen molar-refractivity contribution in [2.45, 2.75) is 51.4 Å². The van der Waals surface area contributed by atoms with Crippen LogP contribution in [0.4, 0.5) is 0 Å². The number of hydrogen-bond donors (Lipinski definition) is 2. The van der Waals surface area contributed by atoms with Crippen molar-refractivity contribution in [3.05, 3.63) is 0 Å². The normalized spacial score (nSPS) is 17.5. The Labute approximate surface area is 90.0 Å². The molecule has 4 heteroatoms. The molecule has 0 bridgehead atoms. The first-order valence-corrected chi connectivity index (χ1v) is 5.68. The van der Waals surface area contributed by atoms with Crippen LogP contribution in [0.1, 0.15) is 51.4 Å². The molecule has 1 aliphatic carbocycles. The number of carboxylic acids is 1. The van der Waals surface area contributed by atoms with Crippen LogP contribution in [0.15, 0.2) is 5.16 Å². The highest BCUT2D eigenvalue weighted by Crippen LogP contribution is 2.30. The van der Waals surface area contributed by atoms with E-state index in [1.807, 2.05) is 0 Å². The Morgan fingerprint density at radius 1 is 1.27 bits per heavy atom. The van der Waals surface area contributed by atoms with Crippen molar-refractivity contribution >= 4 is 11.7 Å². The van der Waals surface area contributed by atoms with Crippen molar-refractivity contribution in [3.8, 4) is 0 Å². The Morgan fingerprint density at radius 3 is 2.47 bits per heavy atom. The highest BCUT2D eigenvalue weighted by atomic mass is 16.4. The lowest BCUT2D eigenvalue weighted by Gasteiger charge is -2.24. The molecule has 0 aromatic carbocycles. The van der Waals surface area contributed by atoms with E-state index in [1.54, 1.807) is 0 Å². The van der Waals surface area contributed by atoms with Crippen LogP contribution in [0.5, 0.6) is 0 Å². The van der Waals surface area contributed by atoms with Crippen LogP contribution < -0.4 is 0 Å². The van der Waals surface area contributed by atoms with Gasteiger partial charge in [0.05, 0.1) is 0 Å². The number of aliphatic carboxylic acids is 1. The summed E-state index contributed by atoms with van der Waals surface area (Å²) in [5.74, 6) is -0.188. The van der Waals surface area contributed by atoms with Crippen molar-refractivity contribution in [3.63, 3.8) is 0 Å². The van der Waals surface area contributed by atoms with Gasteiger partial charge in [-0.1, -0.05) is 43.7 Å². The fraction of sp³-hybridized carbons (Fsp3) is 0.818. The van der Waals surface area contributed by atoms with E-state index in [1.165, 1.54) is 32.1 Å². The molecule has 0 heterocycles. The van der Waals surface area contributed by atoms with E-state index in [4.69, 9.17) is 10.3 Å². The minimum atomic E-state index is -1.11. The van der Waals surface area contributed by atoms with Crippen molar-refractivity contribution in [1.82, 2.24) is 0 Å². The molecular weight excluding hydrogens is 194 g/mol. The zero-order valence-corrected chi connectivity index (χ0v) is 8.98. The van der Waals surface area contributed by atoms with Crippen LogP contribution in [0, 0.1) is 5.92 Å². The number of nitrogens with zero attached hydrogens (tertiary/aromatic N) is 1. The van der Waals surface area contributed by atoms with Crippen LogP contribution in [-0.2, 0) is 4.79 Å². The second-order valence-corrected chi connectivity index (χ2v) is 4.25. The van der Waals surface area contributed by atoms with E-state index in [-0.39, 0.29) is 5.71 Å². The number of oxime groups is 1. The highest BCUT2D eigenvalue weighted by molar-refractivity contribution is 6.35. The molecule has 0 unspecified atom stereocenters. The molecular formula is C11H19NO3. The number of unbranched alkanes of at least 4 members (excludes halogenated alkanes) is 2. The lowest BCUT2D eigenvalue weighted by Crippen LogP contribution is -2.13. The summed E-state index contributed by atoms with van der Waals surface area (Å²) >= 11 is 0. The second-order valence-electron chi connectivity index (χ2n) is 4.25. The zero-order valence-electron chi connectivity index (χ0n) is 8.98. The zero-order chi connectivity index (χ0) is 11.1. The standard InChI is InChI=1S/C11H19NO3/c13-11(14)10(12-15)8-3-1-2-5-9-6-4-7-9/h9,15H,1-8H2,(H,13,14)/b12-10-. The number of carbonyl (C=O) groups is 1. The van der Waals surface area contributed by atoms with Crippen molar-refractivity contribution in [2.75, 3.05) is 0 Å². The van der Waals surface area contributed by atoms with Gasteiger partial charge in [0.25, 0.3) is 0 Å². The molecule has 4 nitrogen and oxygen atoms in total. The first-order valence-electron chi connectivity index (χ1n) is 5.68. The Bertz CT molecular complexity index is 234. The molecule has 0 aliphatic heterocycles. The first kappa shape index (κ1) is 12.0. The van der Waals surface area contributed by atoms with E-state index < -0.39 is 5.97 Å². The van der Waals surface area contributed by atoms with Gasteiger partial charge >= 0.3 is 5.97 Å². The average molecular weight is 213 g/mol. The third-order valence-electron chi connectivity index (χ3n) is 3.12. The molecule has 15 heavy (non-hydrogen) atoms. The Kier molecular flexibility index (Phi) is 5.15. The Morgan fingerprint density at radius 2 is 2.00 bits per heavy atom. The molecule has 0 radical (unpaired) electrons. The molecule has 0 saturated heterocycles. The predicted octanol–water partition coefficient (Wildman–Crippen LogP) is 2.65. The van der Waals surface area contributed by atoms with Crippen molar-refractivity contribution < 1.29 is 15.1 Å². The maximum absolute atomic E-state index is 10.5. The summed E-state index contributed by atoms with van der Waals surface area (Å²) in [5.41, 5.74) is -0.126. The molecule has 0 spiro atoms. The minimum absolute atomic E-state index is 0.126. The largest absolute Gasteiger partial charge is 0.477 e. The lowest BCUT2D eigenvalue weighted by atomic mass is 9.81. The lowest BCUT2D eigenvalue weighted by molar-refractivity contribution is -0.129. The summed E-state index contributed by atoms with van der Waals surface area (Å²) < 4.78 is 0. The molecule has 1 saturated carbocycles. The first-order chi connectivity index (χ1) is 7.24. The molecule has 2 N–H and O–H groups in total. The summed E-state index contributed by atoms with van der Waals surface area (Å²) in [6.07, 6.45) is 8.78. The van der Waals surface area contributed by atoms with Gasteiger partial charge in [-0.25, -0.2) is 4.79 Å². The number of hydrogen-bond acceptors (Lipinski definition) is 3. The SMILES string of the molecule is O=C(O)/C(CCCCCC1CCC1)=N\O. The summed E-state index contributed by atoms with van der Waals surface area (Å²) in [6.45, 7) is 0. The average Bonchev–Trinajstić information content (AvgIpc) is 2.13. The third-order valence-corrected chi connectivity index (χ3v) is 3.12. The molecule has 86 valence electrons. The molecule has 0 atom stereocenters. The second kappa shape index (κ2) is 6.43. The van der Waals surface area contributed by atoms with Crippen LogP contribution >= 0.6 is 0 Å². The van der Waals surface area contributed by atoms with E-state index >= 15 is 0 Å². The van der Waals surface area contributed by atoms with Crippen LogP contribution in [0.25, 0.3) is 0 Å². The summed E-state index contributed by atoms with van der Waals surface area (Å²) in [6, 6.07) is 0. The molecule has 0 aromatic heterocycles. The monoisotopic (exact) mass is 213 g/mol. The fourth-order valence-electron chi connectivity index (χ4n) is 1.88. The van der Waals surface area contributed by atoms with E-state index in [0.717, 1.165) is 18.8 Å². The van der Waals surface area contributed by atoms with E-state index in [9.17, 15) is 4.79 Å². The molecule has 1 fully saturated rings. The molecule has 1 rings (SSSR count). The fourth-order valence-corrected chi connectivity index (χ4v) is 1.88. The van der Waals surface area contributed by atoms with Gasteiger partial charge in [0.1, 0.15) is 0 Å². The summed E-state index contributed by atoms with van der Waals surface area (Å²) in [5, 5.41) is 19.7. The Hall–Kier alpha value is -1.06.